The first-order chi connectivity index (χ1) is 35.0. The van der Waals surface area contributed by atoms with Crippen molar-refractivity contribution in [3.05, 3.63) is 72.3 Å². The highest BCUT2D eigenvalue weighted by molar-refractivity contribution is 8.14. The molecule has 1 aliphatic rings. The molecule has 75 heavy (non-hydrogen) atoms. The fourth-order valence-corrected chi connectivity index (χ4v) is 9.66. The second kappa shape index (κ2) is 27.3. The van der Waals surface area contributed by atoms with Gasteiger partial charge in [0.2, 0.25) is 16.9 Å². The molecule has 0 aliphatic carbocycles. The maximum atomic E-state index is 12.7. The van der Waals surface area contributed by atoms with E-state index in [1.165, 1.54) is 58.4 Å². The van der Waals surface area contributed by atoms with Gasteiger partial charge in [-0.3, -0.25) is 32.5 Å². The van der Waals surface area contributed by atoms with Crippen molar-refractivity contribution in [2.75, 3.05) is 52.0 Å². The van der Waals surface area contributed by atoms with E-state index in [9.17, 15) is 72.9 Å². The number of aromatic nitrogens is 4. The number of phenols is 2. The Hall–Kier alpha value is -5.85. The second-order valence-electron chi connectivity index (χ2n) is 16.1. The Morgan fingerprint density at radius 3 is 2.08 bits per heavy atom. The largest absolute Gasteiger partial charge is 0.504 e. The van der Waals surface area contributed by atoms with Crippen molar-refractivity contribution in [1.82, 2.24) is 30.2 Å². The van der Waals surface area contributed by atoms with Gasteiger partial charge in [-0.15, -0.1) is 0 Å². The fourth-order valence-electron chi connectivity index (χ4n) is 6.26. The van der Waals surface area contributed by atoms with Crippen molar-refractivity contribution in [1.29, 1.82) is 0 Å². The number of nitrogen functional groups attached to an aromatic ring is 1. The summed E-state index contributed by atoms with van der Waals surface area (Å²) in [5.41, 5.74) is 5.49. The number of hydrogen-bond donors (Lipinski definition) is 12. The third kappa shape index (κ3) is 19.3. The van der Waals surface area contributed by atoms with Gasteiger partial charge in [0.25, 0.3) is 0 Å². The number of phenolic OH excluding ortho intramolecular Hbond substituents is 2. The van der Waals surface area contributed by atoms with Crippen LogP contribution >= 0.6 is 35.2 Å². The van der Waals surface area contributed by atoms with Gasteiger partial charge in [-0.1, -0.05) is 43.8 Å². The lowest BCUT2D eigenvalue weighted by Gasteiger charge is -2.30. The second-order valence-corrected chi connectivity index (χ2v) is 21.4. The number of aliphatic hydroxyl groups is 2. The third-order valence-corrected chi connectivity index (χ3v) is 13.9. The van der Waals surface area contributed by atoms with Crippen LogP contribution in [0.25, 0.3) is 23.3 Å². The number of amides is 2. The smallest absolute Gasteiger partial charge is 0.481 e. The highest BCUT2D eigenvalue weighted by atomic mass is 32.2. The van der Waals surface area contributed by atoms with Gasteiger partial charge in [0.1, 0.15) is 36.3 Å². The van der Waals surface area contributed by atoms with Gasteiger partial charge < -0.3 is 75.7 Å². The molecule has 2 aromatic heterocycles. The number of aromatic hydroxyl groups is 2. The molecule has 0 radical (unpaired) electrons. The lowest BCUT2D eigenvalue weighted by molar-refractivity contribution is -0.137. The summed E-state index contributed by atoms with van der Waals surface area (Å²) in [6.07, 6.45) is -1.76. The molecule has 13 N–H and O–H groups in total. The number of imidazole rings is 1. The van der Waals surface area contributed by atoms with Gasteiger partial charge in [-0.25, -0.2) is 33.4 Å². The minimum atomic E-state index is -5.59. The summed E-state index contributed by atoms with van der Waals surface area (Å²) in [5, 5.41) is 53.4. The van der Waals surface area contributed by atoms with Gasteiger partial charge in [0.05, 0.1) is 33.8 Å². The molecule has 1 aliphatic heterocycles. The van der Waals surface area contributed by atoms with E-state index in [4.69, 9.17) is 34.1 Å². The number of hydrogen-bond acceptors (Lipinski definition) is 23. The summed E-state index contributed by atoms with van der Waals surface area (Å²) in [5.74, 6) is -1.79. The number of carboxylic acid groups (broad SMARTS) is 1. The minimum Gasteiger partial charge on any atom is -0.504 e. The summed E-state index contributed by atoms with van der Waals surface area (Å²) in [6, 6.07) is 9.15. The van der Waals surface area contributed by atoms with Crippen LogP contribution in [0.1, 0.15) is 37.6 Å². The first-order valence-corrected chi connectivity index (χ1v) is 26.9. The zero-order chi connectivity index (χ0) is 55.9. The van der Waals surface area contributed by atoms with E-state index in [0.29, 0.717) is 16.9 Å². The Morgan fingerprint density at radius 2 is 1.49 bits per heavy atom. The molecule has 1 fully saturated rings. The first kappa shape index (κ1) is 61.7. The highest BCUT2D eigenvalue weighted by Crippen LogP contribution is 2.61. The Kier molecular flexibility index (Phi) is 22.4. The predicted molar refractivity (Wildman–Crippen MR) is 262 cm³/mol. The summed E-state index contributed by atoms with van der Waals surface area (Å²) < 4.78 is 72.1. The number of anilines is 1. The number of carbonyl (C=O) groups is 4. The maximum Gasteiger partial charge on any atom is 0.481 e. The zero-order valence-electron chi connectivity index (χ0n) is 39.9. The lowest BCUT2D eigenvalue weighted by atomic mass is 9.87. The number of nitrogens with zero attached hydrogens (tertiary/aromatic N) is 4. The van der Waals surface area contributed by atoms with Crippen LogP contribution in [0.2, 0.25) is 0 Å². The molecular formula is C41H54N7O23P3S. The number of phosphoric acid groups is 3. The third-order valence-electron chi connectivity index (χ3n) is 9.98. The number of fused-ring (bicyclic) bond motifs is 1. The standard InChI is InChI=1S/C31H44N7O19P3S.C10H10O4/c1-31(2,26(43)29(44)34-9-8-21(40)33-10-11-61-22(41)7-5-17-4-6-18(39)19(12-17)52-3)14-54-60(50,51)57-59(48,49)53-13-20-25(56-58(45,46)47)24(42)30(55-20)38-16-37-23-27(32)35-15-36-28(23)38;1-14-9-6-7(2-4-8(9)11)3-5-10(12)13/h4-7,12,15-16,20,24-26,30,39,42-43H,8-11,13-14H2,1-3H3,(H,33,40)(H,34,44)(H,48,49)(H,50,51)(H2,32,35,36)(H2,45,46,47);2-6,11H,1H3,(H,12,13)/b7-5+;5-3+/t20-,24-,25-,26?,30-;/m1./s1. The molecule has 5 rings (SSSR count). The molecule has 0 bridgehead atoms. The minimum absolute atomic E-state index is 0.0223. The molecule has 2 amide bonds. The maximum absolute atomic E-state index is 12.7. The monoisotopic (exact) mass is 1140 g/mol. The van der Waals surface area contributed by atoms with Crippen molar-refractivity contribution in [2.45, 2.75) is 50.9 Å². The van der Waals surface area contributed by atoms with Crippen LogP contribution in [0, 0.1) is 5.41 Å². The Balaban J connectivity index is 0.000000749. The predicted octanol–water partition coefficient (Wildman–Crippen LogP) is 1.59. The van der Waals surface area contributed by atoms with E-state index in [0.717, 1.165) is 35.1 Å². The van der Waals surface area contributed by atoms with Gasteiger partial charge in [0, 0.05) is 36.8 Å². The number of carbonyl (C=O) groups excluding carboxylic acids is 3. The number of ether oxygens (including phenoxy) is 3. The van der Waals surface area contributed by atoms with E-state index in [1.54, 1.807) is 24.3 Å². The van der Waals surface area contributed by atoms with Crippen molar-refractivity contribution in [2.24, 2.45) is 5.41 Å². The summed E-state index contributed by atoms with van der Waals surface area (Å²) in [6.45, 7) is 0.299. The summed E-state index contributed by atoms with van der Waals surface area (Å²) >= 11 is 0.935. The molecular weight excluding hydrogens is 1080 g/mol. The number of carboxylic acids is 1. The van der Waals surface area contributed by atoms with Crippen LogP contribution in [-0.4, -0.2) is 158 Å². The van der Waals surface area contributed by atoms with E-state index in [2.05, 4.69) is 34.4 Å². The van der Waals surface area contributed by atoms with Gasteiger partial charge >= 0.3 is 29.4 Å². The number of thioether (sulfide) groups is 1. The van der Waals surface area contributed by atoms with E-state index in [-0.39, 0.29) is 64.6 Å². The zero-order valence-corrected chi connectivity index (χ0v) is 43.4. The normalized spacial score (nSPS) is 18.9. The van der Waals surface area contributed by atoms with Gasteiger partial charge in [-0.05, 0) is 47.5 Å². The average molecular weight is 1140 g/mol. The van der Waals surface area contributed by atoms with Crippen LogP contribution in [0.5, 0.6) is 23.0 Å². The van der Waals surface area contributed by atoms with E-state index < -0.39 is 90.5 Å². The van der Waals surface area contributed by atoms with Crippen LogP contribution in [0.15, 0.2) is 61.2 Å². The molecule has 3 unspecified atom stereocenters. The number of methoxy groups -OCH3 is 2. The molecule has 1 saturated heterocycles. The molecule has 0 spiro atoms. The van der Waals surface area contributed by atoms with Crippen LogP contribution in [0.4, 0.5) is 5.82 Å². The quantitative estimate of drug-likeness (QED) is 0.0255. The van der Waals surface area contributed by atoms with Crippen LogP contribution in [-0.2, 0) is 55.5 Å². The average Bonchev–Trinajstić information content (AvgIpc) is 3.90. The van der Waals surface area contributed by atoms with E-state index in [1.807, 2.05) is 0 Å². The summed E-state index contributed by atoms with van der Waals surface area (Å²) in [7, 11) is -13.6. The van der Waals surface area contributed by atoms with Crippen molar-refractivity contribution in [3.63, 3.8) is 0 Å². The molecule has 7 atom stereocenters. The van der Waals surface area contributed by atoms with Crippen molar-refractivity contribution >= 4 is 87.3 Å². The first-order valence-electron chi connectivity index (χ1n) is 21.4. The molecule has 3 heterocycles. The number of nitrogens with two attached hydrogens (primary N) is 1. The number of aliphatic hydroxyl groups excluding tert-OH is 2. The SMILES string of the molecule is COc1cc(/C=C/C(=O)O)ccc1O.COc1cc(/C=C/C(=O)SCCNC(=O)CCNC(=O)C(O)C(C)(C)COP(=O)(O)OP(=O)(O)OC[C@H]2O[C@@H](n3cnc4c(N)ncnc43)[C@H](O)[C@@H]2OP(=O)(O)O)ccc1O. The number of benzene rings is 2. The highest BCUT2D eigenvalue weighted by Gasteiger charge is 2.50. The Labute approximate surface area is 429 Å². The van der Waals surface area contributed by atoms with Crippen LogP contribution in [0.3, 0.4) is 0 Å². The Morgan fingerprint density at radius 1 is 0.893 bits per heavy atom. The van der Waals surface area contributed by atoms with Gasteiger partial charge in [-0.2, -0.15) is 4.31 Å². The number of nitrogens with one attached hydrogen (secondary N) is 2. The number of phosphoric ester groups is 3. The molecule has 0 saturated carbocycles. The van der Waals surface area contributed by atoms with Crippen molar-refractivity contribution < 1.29 is 110 Å². The van der Waals surface area contributed by atoms with Gasteiger partial charge in [0.15, 0.2) is 40.7 Å². The molecule has 412 valence electrons. The molecule has 2 aromatic carbocycles. The molecule has 34 heteroatoms. The number of aliphatic carboxylic acids is 1. The molecule has 30 nitrogen and oxygen atoms in total. The summed E-state index contributed by atoms with van der Waals surface area (Å²) in [4.78, 5) is 98.2. The van der Waals surface area contributed by atoms with E-state index >= 15 is 0 Å². The molecule has 4 aromatic rings. The lowest BCUT2D eigenvalue weighted by Crippen LogP contribution is -2.46. The number of rotatable bonds is 25. The topological polar surface area (TPSA) is 460 Å². The van der Waals surface area contributed by atoms with Crippen LogP contribution < -0.4 is 25.8 Å². The fraction of sp³-hybridized carbons (Fsp3) is 0.390. The Bertz CT molecular complexity index is 2870. The van der Waals surface area contributed by atoms with Crippen molar-refractivity contribution in [3.8, 4) is 23.0 Å².